The van der Waals surface area contributed by atoms with E-state index in [0.29, 0.717) is 28.2 Å². The van der Waals surface area contributed by atoms with E-state index in [2.05, 4.69) is 34.8 Å². The summed E-state index contributed by atoms with van der Waals surface area (Å²) < 4.78 is 5.21. The summed E-state index contributed by atoms with van der Waals surface area (Å²) in [6, 6.07) is 14.4. The number of nitrogens with one attached hydrogen (secondary N) is 2. The van der Waals surface area contributed by atoms with E-state index in [1.165, 1.54) is 11.6 Å². The third-order valence-electron chi connectivity index (χ3n) is 4.27. The minimum atomic E-state index is -0.453. The van der Waals surface area contributed by atoms with Crippen molar-refractivity contribution in [2.75, 3.05) is 0 Å². The van der Waals surface area contributed by atoms with Crippen LogP contribution in [0.25, 0.3) is 11.4 Å². The predicted molar refractivity (Wildman–Crippen MR) is 109 cm³/mol. The summed E-state index contributed by atoms with van der Waals surface area (Å²) in [5, 5.41) is 4.40. The summed E-state index contributed by atoms with van der Waals surface area (Å²) in [5.74, 6) is 0.448. The highest BCUT2D eigenvalue weighted by atomic mass is 35.5. The van der Waals surface area contributed by atoms with E-state index in [1.54, 1.807) is 18.2 Å². The summed E-state index contributed by atoms with van der Waals surface area (Å²) in [7, 11) is 0. The lowest BCUT2D eigenvalue weighted by molar-refractivity contribution is -0.121. The molecule has 3 rings (SSSR count). The lowest BCUT2D eigenvalue weighted by Crippen LogP contribution is -2.41. The van der Waals surface area contributed by atoms with Crippen LogP contribution in [0.5, 0.6) is 0 Å². The molecule has 0 radical (unpaired) electrons. The average Bonchev–Trinajstić information content (AvgIpc) is 3.19. The Morgan fingerprint density at radius 3 is 2.55 bits per heavy atom. The second-order valence-corrected chi connectivity index (χ2v) is 7.24. The van der Waals surface area contributed by atoms with Crippen molar-refractivity contribution in [3.63, 3.8) is 0 Å². The number of aryl methyl sites for hydroxylation is 1. The van der Waals surface area contributed by atoms with Gasteiger partial charge in [0, 0.05) is 29.0 Å². The Balaban J connectivity index is 1.49. The van der Waals surface area contributed by atoms with Crippen molar-refractivity contribution in [2.45, 2.75) is 32.6 Å². The normalized spacial score (nSPS) is 10.8. The fourth-order valence-electron chi connectivity index (χ4n) is 2.60. The standard InChI is InChI=1S/C21H21ClN4O3/c1-13(2)14-6-8-15(9-7-14)20-23-19(29-26-20)11-10-18(27)24-25-21(28)16-4-3-5-17(22)12-16/h3-9,12-13H,10-11H2,1-2H3,(H,24,27)(H,25,28). The first-order chi connectivity index (χ1) is 13.9. The molecule has 29 heavy (non-hydrogen) atoms. The monoisotopic (exact) mass is 412 g/mol. The summed E-state index contributed by atoms with van der Waals surface area (Å²) in [5.41, 5.74) is 7.13. The number of carbonyl (C=O) groups is 2. The fraction of sp³-hybridized carbons (Fsp3) is 0.238. The lowest BCUT2D eigenvalue weighted by Gasteiger charge is -2.06. The summed E-state index contributed by atoms with van der Waals surface area (Å²) in [4.78, 5) is 28.3. The van der Waals surface area contributed by atoms with Crippen LogP contribution in [-0.4, -0.2) is 22.0 Å². The molecule has 150 valence electrons. The number of hydrazine groups is 1. The smallest absolute Gasteiger partial charge is 0.269 e. The first kappa shape index (κ1) is 20.5. The molecule has 2 aromatic carbocycles. The van der Waals surface area contributed by atoms with Gasteiger partial charge in [-0.3, -0.25) is 20.4 Å². The highest BCUT2D eigenvalue weighted by Gasteiger charge is 2.12. The maximum absolute atomic E-state index is 12.0. The quantitative estimate of drug-likeness (QED) is 0.598. The van der Waals surface area contributed by atoms with E-state index in [4.69, 9.17) is 16.1 Å². The van der Waals surface area contributed by atoms with Crippen LogP contribution >= 0.6 is 11.6 Å². The number of aromatic nitrogens is 2. The Morgan fingerprint density at radius 2 is 1.86 bits per heavy atom. The highest BCUT2D eigenvalue weighted by molar-refractivity contribution is 6.30. The Morgan fingerprint density at radius 1 is 1.10 bits per heavy atom. The molecule has 1 heterocycles. The SMILES string of the molecule is CC(C)c1ccc(-c2noc(CCC(=O)NNC(=O)c3cccc(Cl)c3)n2)cc1. The maximum Gasteiger partial charge on any atom is 0.269 e. The van der Waals surface area contributed by atoms with Gasteiger partial charge in [0.2, 0.25) is 17.6 Å². The van der Waals surface area contributed by atoms with Crippen LogP contribution < -0.4 is 10.9 Å². The Kier molecular flexibility index (Phi) is 6.61. The van der Waals surface area contributed by atoms with Gasteiger partial charge < -0.3 is 4.52 Å². The van der Waals surface area contributed by atoms with E-state index in [-0.39, 0.29) is 18.7 Å². The molecule has 0 spiro atoms. The zero-order valence-electron chi connectivity index (χ0n) is 16.1. The Labute approximate surface area is 173 Å². The Hall–Kier alpha value is -3.19. The molecular formula is C21H21ClN4O3. The van der Waals surface area contributed by atoms with Crippen molar-refractivity contribution in [3.8, 4) is 11.4 Å². The lowest BCUT2D eigenvalue weighted by atomic mass is 10.0. The van der Waals surface area contributed by atoms with E-state index < -0.39 is 5.91 Å². The summed E-state index contributed by atoms with van der Waals surface area (Å²) >= 11 is 5.85. The second kappa shape index (κ2) is 9.34. The number of halogens is 1. The zero-order chi connectivity index (χ0) is 20.8. The molecule has 0 aliphatic rings. The van der Waals surface area contributed by atoms with Crippen molar-refractivity contribution in [1.82, 2.24) is 21.0 Å². The van der Waals surface area contributed by atoms with Crippen LogP contribution in [0.2, 0.25) is 5.02 Å². The van der Waals surface area contributed by atoms with Crippen LogP contribution in [-0.2, 0) is 11.2 Å². The first-order valence-corrected chi connectivity index (χ1v) is 9.58. The highest BCUT2D eigenvalue weighted by Crippen LogP contribution is 2.20. The number of carbonyl (C=O) groups excluding carboxylic acids is 2. The van der Waals surface area contributed by atoms with Crippen LogP contribution in [0.4, 0.5) is 0 Å². The molecule has 0 fully saturated rings. The van der Waals surface area contributed by atoms with E-state index in [1.807, 2.05) is 24.3 Å². The Bertz CT molecular complexity index is 999. The topological polar surface area (TPSA) is 97.1 Å². The third kappa shape index (κ3) is 5.65. The molecular weight excluding hydrogens is 392 g/mol. The number of rotatable bonds is 6. The molecule has 7 nitrogen and oxygen atoms in total. The van der Waals surface area contributed by atoms with Gasteiger partial charge in [0.05, 0.1) is 0 Å². The molecule has 8 heteroatoms. The molecule has 1 aromatic heterocycles. The van der Waals surface area contributed by atoms with Gasteiger partial charge in [0.1, 0.15) is 0 Å². The van der Waals surface area contributed by atoms with Crippen molar-refractivity contribution in [2.24, 2.45) is 0 Å². The number of benzene rings is 2. The van der Waals surface area contributed by atoms with Crippen LogP contribution in [0.3, 0.4) is 0 Å². The van der Waals surface area contributed by atoms with Gasteiger partial charge in [-0.05, 0) is 29.7 Å². The summed E-state index contributed by atoms with van der Waals surface area (Å²) in [6.07, 6.45) is 0.347. The molecule has 0 bridgehead atoms. The van der Waals surface area contributed by atoms with Gasteiger partial charge in [-0.25, -0.2) is 0 Å². The minimum absolute atomic E-state index is 0.0871. The van der Waals surface area contributed by atoms with Gasteiger partial charge in [-0.1, -0.05) is 60.9 Å². The molecule has 0 saturated carbocycles. The van der Waals surface area contributed by atoms with E-state index >= 15 is 0 Å². The van der Waals surface area contributed by atoms with Crippen LogP contribution in [0.1, 0.15) is 48.0 Å². The van der Waals surface area contributed by atoms with Crippen LogP contribution in [0, 0.1) is 0 Å². The van der Waals surface area contributed by atoms with E-state index in [9.17, 15) is 9.59 Å². The van der Waals surface area contributed by atoms with Crippen molar-refractivity contribution < 1.29 is 14.1 Å². The van der Waals surface area contributed by atoms with Gasteiger partial charge in [-0.15, -0.1) is 0 Å². The fourth-order valence-corrected chi connectivity index (χ4v) is 2.79. The largest absolute Gasteiger partial charge is 0.339 e. The molecule has 2 amide bonds. The maximum atomic E-state index is 12.0. The predicted octanol–water partition coefficient (Wildman–Crippen LogP) is 3.91. The number of hydrogen-bond acceptors (Lipinski definition) is 5. The third-order valence-corrected chi connectivity index (χ3v) is 4.51. The molecule has 0 atom stereocenters. The number of nitrogens with zero attached hydrogens (tertiary/aromatic N) is 2. The second-order valence-electron chi connectivity index (χ2n) is 6.80. The molecule has 0 aliphatic carbocycles. The molecule has 0 saturated heterocycles. The van der Waals surface area contributed by atoms with Crippen molar-refractivity contribution >= 4 is 23.4 Å². The zero-order valence-corrected chi connectivity index (χ0v) is 16.9. The molecule has 3 aromatic rings. The molecule has 0 aliphatic heterocycles. The van der Waals surface area contributed by atoms with Crippen molar-refractivity contribution in [3.05, 3.63) is 70.6 Å². The number of hydrogen-bond donors (Lipinski definition) is 2. The summed E-state index contributed by atoms with van der Waals surface area (Å²) in [6.45, 7) is 4.26. The van der Waals surface area contributed by atoms with Gasteiger partial charge in [0.25, 0.3) is 5.91 Å². The molecule has 2 N–H and O–H groups in total. The van der Waals surface area contributed by atoms with Crippen LogP contribution in [0.15, 0.2) is 53.1 Å². The minimum Gasteiger partial charge on any atom is -0.339 e. The number of amides is 2. The van der Waals surface area contributed by atoms with Gasteiger partial charge in [-0.2, -0.15) is 4.98 Å². The van der Waals surface area contributed by atoms with Gasteiger partial charge >= 0.3 is 0 Å². The van der Waals surface area contributed by atoms with E-state index in [0.717, 1.165) is 5.56 Å². The average molecular weight is 413 g/mol. The van der Waals surface area contributed by atoms with Crippen molar-refractivity contribution in [1.29, 1.82) is 0 Å². The first-order valence-electron chi connectivity index (χ1n) is 9.20. The van der Waals surface area contributed by atoms with Gasteiger partial charge in [0.15, 0.2) is 0 Å². The molecule has 0 unspecified atom stereocenters.